The summed E-state index contributed by atoms with van der Waals surface area (Å²) in [6.45, 7) is 5.49. The molecule has 0 aromatic carbocycles. The zero-order valence-corrected chi connectivity index (χ0v) is 6.15. The predicted molar refractivity (Wildman–Crippen MR) is 39.5 cm³/mol. The SMILES string of the molecule is CC(C)CC1=NNCC1. The van der Waals surface area contributed by atoms with Crippen LogP contribution in [0.2, 0.25) is 0 Å². The van der Waals surface area contributed by atoms with Gasteiger partial charge in [-0.2, -0.15) is 5.10 Å². The van der Waals surface area contributed by atoms with Crippen LogP contribution in [0.25, 0.3) is 0 Å². The van der Waals surface area contributed by atoms with E-state index in [9.17, 15) is 0 Å². The summed E-state index contributed by atoms with van der Waals surface area (Å²) >= 11 is 0. The van der Waals surface area contributed by atoms with Crippen molar-refractivity contribution in [3.8, 4) is 0 Å². The second kappa shape index (κ2) is 2.85. The standard InChI is InChI=1S/C7H14N2/c1-6(2)5-7-3-4-8-9-7/h6,8H,3-5H2,1-2H3. The first-order valence-corrected chi connectivity index (χ1v) is 3.57. The molecular formula is C7H14N2. The molecule has 0 amide bonds. The molecule has 0 bridgehead atoms. The van der Waals surface area contributed by atoms with Gasteiger partial charge >= 0.3 is 0 Å². The summed E-state index contributed by atoms with van der Waals surface area (Å²) in [6.07, 6.45) is 2.31. The second-order valence-corrected chi connectivity index (χ2v) is 2.93. The average molecular weight is 126 g/mol. The second-order valence-electron chi connectivity index (χ2n) is 2.93. The Morgan fingerprint density at radius 3 is 2.89 bits per heavy atom. The third-order valence-corrected chi connectivity index (χ3v) is 1.41. The van der Waals surface area contributed by atoms with Crippen LogP contribution in [-0.2, 0) is 0 Å². The van der Waals surface area contributed by atoms with Gasteiger partial charge in [0.05, 0.1) is 0 Å². The number of rotatable bonds is 2. The minimum atomic E-state index is 0.753. The van der Waals surface area contributed by atoms with Crippen molar-refractivity contribution >= 4 is 5.71 Å². The quantitative estimate of drug-likeness (QED) is 0.594. The van der Waals surface area contributed by atoms with Gasteiger partial charge in [-0.3, -0.25) is 0 Å². The maximum Gasteiger partial charge on any atom is 0.0399 e. The van der Waals surface area contributed by atoms with E-state index in [2.05, 4.69) is 24.4 Å². The molecule has 0 atom stereocenters. The molecule has 2 heteroatoms. The molecular weight excluding hydrogens is 112 g/mol. The number of nitrogens with one attached hydrogen (secondary N) is 1. The third-order valence-electron chi connectivity index (χ3n) is 1.41. The van der Waals surface area contributed by atoms with Gasteiger partial charge in [-0.15, -0.1) is 0 Å². The van der Waals surface area contributed by atoms with Crippen molar-refractivity contribution in [2.24, 2.45) is 11.0 Å². The van der Waals surface area contributed by atoms with Crippen LogP contribution in [0.5, 0.6) is 0 Å². The molecule has 0 saturated carbocycles. The molecule has 0 spiro atoms. The Hall–Kier alpha value is -0.530. The fraction of sp³-hybridized carbons (Fsp3) is 0.857. The minimum absolute atomic E-state index is 0.753. The lowest BCUT2D eigenvalue weighted by Crippen LogP contribution is -1.99. The highest BCUT2D eigenvalue weighted by Crippen LogP contribution is 2.06. The van der Waals surface area contributed by atoms with Crippen molar-refractivity contribution in [2.45, 2.75) is 26.7 Å². The molecule has 9 heavy (non-hydrogen) atoms. The predicted octanol–water partition coefficient (Wildman–Crippen LogP) is 1.38. The van der Waals surface area contributed by atoms with Gasteiger partial charge in [0, 0.05) is 18.7 Å². The average Bonchev–Trinajstić information content (AvgIpc) is 2.15. The van der Waals surface area contributed by atoms with Crippen LogP contribution in [0.1, 0.15) is 26.7 Å². The van der Waals surface area contributed by atoms with Crippen molar-refractivity contribution < 1.29 is 0 Å². The summed E-state index contributed by atoms with van der Waals surface area (Å²) in [5, 5.41) is 4.14. The zero-order chi connectivity index (χ0) is 6.69. The van der Waals surface area contributed by atoms with E-state index in [4.69, 9.17) is 0 Å². The fourth-order valence-corrected chi connectivity index (χ4v) is 1.04. The summed E-state index contributed by atoms with van der Waals surface area (Å²) in [5.41, 5.74) is 4.30. The summed E-state index contributed by atoms with van der Waals surface area (Å²) in [7, 11) is 0. The van der Waals surface area contributed by atoms with E-state index in [0.29, 0.717) is 0 Å². The third kappa shape index (κ3) is 2.04. The maximum atomic E-state index is 4.14. The lowest BCUT2D eigenvalue weighted by molar-refractivity contribution is 0.680. The first-order chi connectivity index (χ1) is 4.29. The minimum Gasteiger partial charge on any atom is -0.310 e. The molecule has 0 unspecified atom stereocenters. The van der Waals surface area contributed by atoms with E-state index >= 15 is 0 Å². The smallest absolute Gasteiger partial charge is 0.0399 e. The summed E-state index contributed by atoms with van der Waals surface area (Å²) < 4.78 is 0. The van der Waals surface area contributed by atoms with Gasteiger partial charge in [-0.25, -0.2) is 0 Å². The molecule has 0 aliphatic carbocycles. The lowest BCUT2D eigenvalue weighted by Gasteiger charge is -2.00. The highest BCUT2D eigenvalue weighted by atomic mass is 15.3. The topological polar surface area (TPSA) is 24.4 Å². The molecule has 2 nitrogen and oxygen atoms in total. The van der Waals surface area contributed by atoms with Crippen molar-refractivity contribution in [3.05, 3.63) is 0 Å². The molecule has 52 valence electrons. The fourth-order valence-electron chi connectivity index (χ4n) is 1.04. The molecule has 1 N–H and O–H groups in total. The van der Waals surface area contributed by atoms with Gasteiger partial charge in [0.25, 0.3) is 0 Å². The van der Waals surface area contributed by atoms with Crippen LogP contribution >= 0.6 is 0 Å². The Morgan fingerprint density at radius 2 is 2.44 bits per heavy atom. The molecule has 1 heterocycles. The summed E-state index contributed by atoms with van der Waals surface area (Å²) in [6, 6.07) is 0. The van der Waals surface area contributed by atoms with E-state index in [1.165, 1.54) is 5.71 Å². The van der Waals surface area contributed by atoms with E-state index in [1.54, 1.807) is 0 Å². The highest BCUT2D eigenvalue weighted by Gasteiger charge is 2.06. The number of hydrogen-bond donors (Lipinski definition) is 1. The van der Waals surface area contributed by atoms with E-state index in [0.717, 1.165) is 25.3 Å². The molecule has 0 saturated heterocycles. The van der Waals surface area contributed by atoms with Crippen molar-refractivity contribution in [3.63, 3.8) is 0 Å². The Balaban J connectivity index is 2.26. The van der Waals surface area contributed by atoms with Crippen LogP contribution in [0, 0.1) is 5.92 Å². The highest BCUT2D eigenvalue weighted by molar-refractivity contribution is 5.85. The van der Waals surface area contributed by atoms with Crippen LogP contribution in [-0.4, -0.2) is 12.3 Å². The first-order valence-electron chi connectivity index (χ1n) is 3.57. The van der Waals surface area contributed by atoms with Gasteiger partial charge in [0.1, 0.15) is 0 Å². The molecule has 0 aromatic heterocycles. The molecule has 1 rings (SSSR count). The van der Waals surface area contributed by atoms with Crippen LogP contribution in [0.3, 0.4) is 0 Å². The van der Waals surface area contributed by atoms with E-state index < -0.39 is 0 Å². The zero-order valence-electron chi connectivity index (χ0n) is 6.15. The van der Waals surface area contributed by atoms with Crippen molar-refractivity contribution in [1.29, 1.82) is 0 Å². The number of nitrogens with zero attached hydrogens (tertiary/aromatic N) is 1. The van der Waals surface area contributed by atoms with Gasteiger partial charge in [-0.1, -0.05) is 13.8 Å². The molecule has 1 aliphatic heterocycles. The van der Waals surface area contributed by atoms with Crippen LogP contribution < -0.4 is 5.43 Å². The van der Waals surface area contributed by atoms with Gasteiger partial charge in [0.2, 0.25) is 0 Å². The Labute approximate surface area is 56.3 Å². The van der Waals surface area contributed by atoms with E-state index in [1.807, 2.05) is 0 Å². The lowest BCUT2D eigenvalue weighted by atomic mass is 10.1. The molecule has 0 radical (unpaired) electrons. The van der Waals surface area contributed by atoms with Crippen molar-refractivity contribution in [2.75, 3.05) is 6.54 Å². The Bertz CT molecular complexity index is 116. The Kier molecular flexibility index (Phi) is 2.09. The molecule has 1 aliphatic rings. The van der Waals surface area contributed by atoms with Crippen molar-refractivity contribution in [1.82, 2.24) is 5.43 Å². The van der Waals surface area contributed by atoms with Gasteiger partial charge < -0.3 is 5.43 Å². The van der Waals surface area contributed by atoms with Gasteiger partial charge in [-0.05, 0) is 12.3 Å². The Morgan fingerprint density at radius 1 is 1.67 bits per heavy atom. The maximum absolute atomic E-state index is 4.14. The normalized spacial score (nSPS) is 17.9. The van der Waals surface area contributed by atoms with Crippen LogP contribution in [0.15, 0.2) is 5.10 Å². The monoisotopic (exact) mass is 126 g/mol. The first kappa shape index (κ1) is 6.59. The largest absolute Gasteiger partial charge is 0.310 e. The molecule has 0 aromatic rings. The van der Waals surface area contributed by atoms with Gasteiger partial charge in [0.15, 0.2) is 0 Å². The summed E-state index contributed by atoms with van der Waals surface area (Å²) in [5.74, 6) is 0.753. The summed E-state index contributed by atoms with van der Waals surface area (Å²) in [4.78, 5) is 0. The van der Waals surface area contributed by atoms with Crippen LogP contribution in [0.4, 0.5) is 0 Å². The number of hydrazone groups is 1. The molecule has 0 fully saturated rings. The number of hydrogen-bond acceptors (Lipinski definition) is 2. The van der Waals surface area contributed by atoms with E-state index in [-0.39, 0.29) is 0 Å².